The number of halogens is 1. The standard InChI is InChI=1S/C13H20FNO/c1-3-4-5-6-12(15)10-7-8-13(16-2)11(14)9-10/h7-9,12H,3-6,15H2,1-2H3/t12-/m0/s1. The molecule has 0 unspecified atom stereocenters. The molecular formula is C13H20FNO. The number of methoxy groups -OCH3 is 1. The van der Waals surface area contributed by atoms with Gasteiger partial charge in [0, 0.05) is 6.04 Å². The first kappa shape index (κ1) is 13.0. The van der Waals surface area contributed by atoms with E-state index in [0.717, 1.165) is 18.4 Å². The number of hydrogen-bond donors (Lipinski definition) is 1. The van der Waals surface area contributed by atoms with Crippen LogP contribution >= 0.6 is 0 Å². The van der Waals surface area contributed by atoms with E-state index in [2.05, 4.69) is 6.92 Å². The minimum Gasteiger partial charge on any atom is -0.494 e. The first-order valence-corrected chi connectivity index (χ1v) is 5.78. The molecule has 0 saturated carbocycles. The van der Waals surface area contributed by atoms with Crippen molar-refractivity contribution in [2.45, 2.75) is 38.6 Å². The second-order valence-electron chi connectivity index (χ2n) is 4.00. The smallest absolute Gasteiger partial charge is 0.165 e. The summed E-state index contributed by atoms with van der Waals surface area (Å²) in [5.41, 5.74) is 6.83. The van der Waals surface area contributed by atoms with Crippen LogP contribution in [0.2, 0.25) is 0 Å². The summed E-state index contributed by atoms with van der Waals surface area (Å²) in [5.74, 6) is -0.0737. The van der Waals surface area contributed by atoms with E-state index in [4.69, 9.17) is 10.5 Å². The minimum absolute atomic E-state index is 0.0769. The maximum Gasteiger partial charge on any atom is 0.165 e. The number of benzene rings is 1. The molecule has 0 heterocycles. The van der Waals surface area contributed by atoms with Crippen molar-refractivity contribution in [1.82, 2.24) is 0 Å². The molecule has 0 amide bonds. The van der Waals surface area contributed by atoms with Crippen molar-refractivity contribution >= 4 is 0 Å². The fraction of sp³-hybridized carbons (Fsp3) is 0.538. The average Bonchev–Trinajstić information content (AvgIpc) is 2.29. The Hall–Kier alpha value is -1.09. The zero-order valence-corrected chi connectivity index (χ0v) is 10.0. The summed E-state index contributed by atoms with van der Waals surface area (Å²) >= 11 is 0. The maximum atomic E-state index is 13.4. The van der Waals surface area contributed by atoms with Gasteiger partial charge in [0.1, 0.15) is 0 Å². The fourth-order valence-electron chi connectivity index (χ4n) is 1.69. The van der Waals surface area contributed by atoms with Crippen LogP contribution in [0.15, 0.2) is 18.2 Å². The predicted octanol–water partition coefficient (Wildman–Crippen LogP) is 3.41. The van der Waals surface area contributed by atoms with Gasteiger partial charge in [-0.15, -0.1) is 0 Å². The number of unbranched alkanes of at least 4 members (excludes halogenated alkanes) is 2. The van der Waals surface area contributed by atoms with Gasteiger partial charge in [-0.05, 0) is 24.1 Å². The molecule has 0 saturated heterocycles. The normalized spacial score (nSPS) is 12.5. The Morgan fingerprint density at radius 1 is 1.38 bits per heavy atom. The zero-order chi connectivity index (χ0) is 12.0. The monoisotopic (exact) mass is 225 g/mol. The quantitative estimate of drug-likeness (QED) is 0.753. The maximum absolute atomic E-state index is 13.4. The summed E-state index contributed by atoms with van der Waals surface area (Å²) in [6.45, 7) is 2.15. The molecule has 0 aliphatic carbocycles. The number of ether oxygens (including phenoxy) is 1. The van der Waals surface area contributed by atoms with Crippen molar-refractivity contribution in [1.29, 1.82) is 0 Å². The highest BCUT2D eigenvalue weighted by atomic mass is 19.1. The Morgan fingerprint density at radius 2 is 2.12 bits per heavy atom. The van der Waals surface area contributed by atoms with Crippen LogP contribution in [0.25, 0.3) is 0 Å². The van der Waals surface area contributed by atoms with Crippen LogP contribution in [0.3, 0.4) is 0 Å². The highest BCUT2D eigenvalue weighted by molar-refractivity contribution is 5.30. The Balaban J connectivity index is 2.62. The molecule has 0 radical (unpaired) electrons. The van der Waals surface area contributed by atoms with E-state index in [-0.39, 0.29) is 17.6 Å². The van der Waals surface area contributed by atoms with Crippen LogP contribution in [-0.2, 0) is 0 Å². The van der Waals surface area contributed by atoms with Crippen molar-refractivity contribution in [3.05, 3.63) is 29.6 Å². The lowest BCUT2D eigenvalue weighted by Crippen LogP contribution is -2.10. The molecule has 0 fully saturated rings. The first-order chi connectivity index (χ1) is 7.69. The average molecular weight is 225 g/mol. The Kier molecular flexibility index (Phi) is 5.26. The summed E-state index contributed by atoms with van der Waals surface area (Å²) in [6.07, 6.45) is 4.33. The van der Waals surface area contributed by atoms with E-state index >= 15 is 0 Å². The highest BCUT2D eigenvalue weighted by Crippen LogP contribution is 2.23. The van der Waals surface area contributed by atoms with Crippen LogP contribution in [0, 0.1) is 5.82 Å². The van der Waals surface area contributed by atoms with Crippen molar-refractivity contribution in [3.63, 3.8) is 0 Å². The molecule has 1 aromatic carbocycles. The lowest BCUT2D eigenvalue weighted by Gasteiger charge is -2.12. The Morgan fingerprint density at radius 3 is 2.69 bits per heavy atom. The lowest BCUT2D eigenvalue weighted by molar-refractivity contribution is 0.385. The van der Waals surface area contributed by atoms with Crippen LogP contribution < -0.4 is 10.5 Å². The van der Waals surface area contributed by atoms with E-state index in [1.165, 1.54) is 26.0 Å². The molecule has 0 aliphatic heterocycles. The van der Waals surface area contributed by atoms with Gasteiger partial charge in [-0.25, -0.2) is 4.39 Å². The molecule has 0 spiro atoms. The van der Waals surface area contributed by atoms with Gasteiger partial charge in [0.05, 0.1) is 7.11 Å². The molecule has 0 bridgehead atoms. The summed E-state index contributed by atoms with van der Waals surface area (Å²) in [6, 6.07) is 4.85. The second-order valence-corrected chi connectivity index (χ2v) is 4.00. The van der Waals surface area contributed by atoms with Gasteiger partial charge >= 0.3 is 0 Å². The molecule has 0 aromatic heterocycles. The third kappa shape index (κ3) is 3.49. The van der Waals surface area contributed by atoms with E-state index in [0.29, 0.717) is 0 Å². The van der Waals surface area contributed by atoms with Crippen molar-refractivity contribution in [2.24, 2.45) is 5.73 Å². The number of hydrogen-bond acceptors (Lipinski definition) is 2. The van der Waals surface area contributed by atoms with E-state index in [1.54, 1.807) is 6.07 Å². The molecule has 1 aromatic rings. The molecule has 1 atom stereocenters. The van der Waals surface area contributed by atoms with E-state index in [9.17, 15) is 4.39 Å². The van der Waals surface area contributed by atoms with Crippen LogP contribution in [0.1, 0.15) is 44.2 Å². The fourth-order valence-corrected chi connectivity index (χ4v) is 1.69. The van der Waals surface area contributed by atoms with Gasteiger partial charge in [0.2, 0.25) is 0 Å². The summed E-state index contributed by atoms with van der Waals surface area (Å²) < 4.78 is 18.3. The van der Waals surface area contributed by atoms with Crippen molar-refractivity contribution in [3.8, 4) is 5.75 Å². The Labute approximate surface area is 96.6 Å². The summed E-state index contributed by atoms with van der Waals surface area (Å²) in [4.78, 5) is 0. The van der Waals surface area contributed by atoms with Gasteiger partial charge in [0.15, 0.2) is 11.6 Å². The number of nitrogens with two attached hydrogens (primary N) is 1. The summed E-state index contributed by atoms with van der Waals surface area (Å²) in [7, 11) is 1.46. The van der Waals surface area contributed by atoms with Gasteiger partial charge in [0.25, 0.3) is 0 Å². The van der Waals surface area contributed by atoms with Gasteiger partial charge in [-0.2, -0.15) is 0 Å². The van der Waals surface area contributed by atoms with E-state index in [1.807, 2.05) is 6.07 Å². The first-order valence-electron chi connectivity index (χ1n) is 5.78. The topological polar surface area (TPSA) is 35.2 Å². The molecule has 2 nitrogen and oxygen atoms in total. The van der Waals surface area contributed by atoms with Gasteiger partial charge in [-0.3, -0.25) is 0 Å². The molecule has 2 N–H and O–H groups in total. The second kappa shape index (κ2) is 6.48. The zero-order valence-electron chi connectivity index (χ0n) is 10.0. The van der Waals surface area contributed by atoms with Crippen LogP contribution in [0.4, 0.5) is 4.39 Å². The molecule has 90 valence electrons. The lowest BCUT2D eigenvalue weighted by atomic mass is 10.0. The third-order valence-electron chi connectivity index (χ3n) is 2.72. The SMILES string of the molecule is CCCCC[C@H](N)c1ccc(OC)c(F)c1. The molecule has 0 aliphatic rings. The van der Waals surface area contributed by atoms with Crippen LogP contribution in [0.5, 0.6) is 5.75 Å². The molecule has 1 rings (SSSR count). The van der Waals surface area contributed by atoms with Gasteiger partial charge < -0.3 is 10.5 Å². The molecule has 16 heavy (non-hydrogen) atoms. The largest absolute Gasteiger partial charge is 0.494 e. The highest BCUT2D eigenvalue weighted by Gasteiger charge is 2.09. The van der Waals surface area contributed by atoms with Gasteiger partial charge in [-0.1, -0.05) is 32.3 Å². The van der Waals surface area contributed by atoms with Crippen molar-refractivity contribution < 1.29 is 9.13 Å². The Bertz CT molecular complexity index is 328. The van der Waals surface area contributed by atoms with Crippen molar-refractivity contribution in [2.75, 3.05) is 7.11 Å². The molecule has 3 heteroatoms. The molecular weight excluding hydrogens is 205 g/mol. The summed E-state index contributed by atoms with van der Waals surface area (Å²) in [5, 5.41) is 0. The predicted molar refractivity (Wildman–Crippen MR) is 64.0 cm³/mol. The van der Waals surface area contributed by atoms with Crippen LogP contribution in [-0.4, -0.2) is 7.11 Å². The third-order valence-corrected chi connectivity index (χ3v) is 2.72. The number of rotatable bonds is 6. The minimum atomic E-state index is -0.342. The van der Waals surface area contributed by atoms with E-state index < -0.39 is 0 Å².